The van der Waals surface area contributed by atoms with Crippen LogP contribution in [0.3, 0.4) is 0 Å². The Bertz CT molecular complexity index is 83.0. The molecule has 0 aromatic carbocycles. The summed E-state index contributed by atoms with van der Waals surface area (Å²) in [7, 11) is -1.91. The highest BCUT2D eigenvalue weighted by atomic mass is 31.1. The molecule has 2 nitrogen and oxygen atoms in total. The molecule has 0 saturated carbocycles. The van der Waals surface area contributed by atoms with Crippen molar-refractivity contribution in [1.82, 2.24) is 0 Å². The van der Waals surface area contributed by atoms with Crippen LogP contribution in [-0.2, 0) is 4.57 Å². The molecule has 0 amide bonds. The first-order valence-electron chi connectivity index (χ1n) is 2.87. The minimum Gasteiger partial charge on any atom is -0.161 e. The Kier molecular flexibility index (Phi) is 9.16. The van der Waals surface area contributed by atoms with Gasteiger partial charge in [-0.15, -0.1) is 0 Å². The molecule has 1 N–H and O–H groups in total. The van der Waals surface area contributed by atoms with Crippen molar-refractivity contribution in [3.05, 3.63) is 0 Å². The third-order valence-corrected chi connectivity index (χ3v) is 2.61. The van der Waals surface area contributed by atoms with Crippen LogP contribution in [0.2, 0.25) is 0 Å². The highest BCUT2D eigenvalue weighted by molar-refractivity contribution is 7.38. The Balaban J connectivity index is 0. The molecule has 1 unspecified atom stereocenters. The summed E-state index contributed by atoms with van der Waals surface area (Å²) < 4.78 is 10.3. The second-order valence-corrected chi connectivity index (χ2v) is 3.11. The van der Waals surface area contributed by atoms with E-state index in [2.05, 4.69) is 0 Å². The van der Waals surface area contributed by atoms with Gasteiger partial charge in [0.05, 0.1) is 0 Å². The van der Waals surface area contributed by atoms with E-state index in [1.165, 1.54) is 0 Å². The van der Waals surface area contributed by atoms with Gasteiger partial charge < -0.3 is 0 Å². The molecule has 1 atom stereocenters. The molecule has 0 aromatic rings. The lowest BCUT2D eigenvalue weighted by molar-refractivity contribution is 0.483. The zero-order valence-corrected chi connectivity index (χ0v) is 6.19. The van der Waals surface area contributed by atoms with Gasteiger partial charge >= 0.3 is 8.03 Å². The van der Waals surface area contributed by atoms with Gasteiger partial charge in [0.1, 0.15) is 0 Å². The van der Waals surface area contributed by atoms with E-state index in [0.717, 1.165) is 12.8 Å². The van der Waals surface area contributed by atoms with Gasteiger partial charge in [0.25, 0.3) is 0 Å². The summed E-state index contributed by atoms with van der Waals surface area (Å²) in [4.78, 5) is 8.52. The topological polar surface area (TPSA) is 37.3 Å². The first kappa shape index (κ1) is 12.3. The van der Waals surface area contributed by atoms with Crippen LogP contribution in [0.25, 0.3) is 0 Å². The summed E-state index contributed by atoms with van der Waals surface area (Å²) in [5.74, 6) is 0. The molecule has 0 spiro atoms. The Morgan fingerprint density at radius 2 is 1.78 bits per heavy atom. The molecule has 0 aliphatic heterocycles. The lowest BCUT2D eigenvalue weighted by atomic mass is 10.3. The number of hydrogen-bond donors (Lipinski definition) is 1. The second-order valence-electron chi connectivity index (χ2n) is 1.77. The van der Waals surface area contributed by atoms with Gasteiger partial charge in [-0.1, -0.05) is 13.8 Å². The maximum Gasteiger partial charge on any atom is 0.508 e. The van der Waals surface area contributed by atoms with Crippen LogP contribution >= 0.6 is 8.03 Å². The van der Waals surface area contributed by atoms with Crippen molar-refractivity contribution in [3.63, 3.8) is 0 Å². The van der Waals surface area contributed by atoms with Crippen molar-refractivity contribution in [3.8, 4) is 0 Å². The average Bonchev–Trinajstić information content (AvgIpc) is 1.69. The highest BCUT2D eigenvalue weighted by Crippen LogP contribution is 2.27. The van der Waals surface area contributed by atoms with Crippen LogP contribution in [0, 0.1) is 0 Å². The molecule has 0 saturated heterocycles. The van der Waals surface area contributed by atoms with E-state index >= 15 is 0 Å². The Morgan fingerprint density at radius 1 is 1.44 bits per heavy atom. The molecule has 0 radical (unpaired) electrons. The Morgan fingerprint density at radius 3 is 1.78 bits per heavy atom. The summed E-state index contributed by atoms with van der Waals surface area (Å²) in [6.45, 7) is 3.86. The SMILES string of the molecule is CCC(CC)[P+](=O)O.[AlH3]. The van der Waals surface area contributed by atoms with E-state index in [4.69, 9.17) is 4.89 Å². The molecular weight excluding hydrogens is 150 g/mol. The van der Waals surface area contributed by atoms with Crippen molar-refractivity contribution in [2.24, 2.45) is 0 Å². The number of hydrogen-bond acceptors (Lipinski definition) is 1. The van der Waals surface area contributed by atoms with Gasteiger partial charge in [-0.05, 0) is 17.4 Å². The maximum atomic E-state index is 10.3. The van der Waals surface area contributed by atoms with Crippen LogP contribution in [0.15, 0.2) is 0 Å². The van der Waals surface area contributed by atoms with Crippen molar-refractivity contribution >= 4 is 25.4 Å². The van der Waals surface area contributed by atoms with Crippen LogP contribution < -0.4 is 0 Å². The van der Waals surface area contributed by atoms with Gasteiger partial charge in [-0.2, -0.15) is 4.89 Å². The molecule has 0 aliphatic carbocycles. The molecule has 54 valence electrons. The van der Waals surface area contributed by atoms with Gasteiger partial charge in [-0.3, -0.25) is 0 Å². The van der Waals surface area contributed by atoms with Crippen LogP contribution in [0.4, 0.5) is 0 Å². The lowest BCUT2D eigenvalue weighted by Gasteiger charge is -1.91. The summed E-state index contributed by atoms with van der Waals surface area (Å²) >= 11 is 0. The lowest BCUT2D eigenvalue weighted by Crippen LogP contribution is -1.95. The van der Waals surface area contributed by atoms with Gasteiger partial charge in [0, 0.05) is 0 Å². The fourth-order valence-corrected chi connectivity index (χ4v) is 1.23. The summed E-state index contributed by atoms with van der Waals surface area (Å²) in [6.07, 6.45) is 1.62. The highest BCUT2D eigenvalue weighted by Gasteiger charge is 2.23. The van der Waals surface area contributed by atoms with Gasteiger partial charge in [0.15, 0.2) is 23.0 Å². The van der Waals surface area contributed by atoms with E-state index in [9.17, 15) is 4.57 Å². The molecule has 0 aromatic heterocycles. The molecule has 0 aliphatic rings. The first-order valence-corrected chi connectivity index (χ1v) is 4.15. The molecule has 0 rings (SSSR count). The predicted molar refractivity (Wildman–Crippen MR) is 44.1 cm³/mol. The fraction of sp³-hybridized carbons (Fsp3) is 1.00. The minimum absolute atomic E-state index is 0. The van der Waals surface area contributed by atoms with E-state index < -0.39 is 8.03 Å². The van der Waals surface area contributed by atoms with Gasteiger partial charge in [0.2, 0.25) is 0 Å². The van der Waals surface area contributed by atoms with Gasteiger partial charge in [-0.25, -0.2) is 0 Å². The smallest absolute Gasteiger partial charge is 0.161 e. The molecule has 0 bridgehead atoms. The fourth-order valence-electron chi connectivity index (χ4n) is 0.601. The molecule has 4 heteroatoms. The molecular formula is C5H15AlO2P+. The van der Waals surface area contributed by atoms with Crippen molar-refractivity contribution in [2.45, 2.75) is 32.3 Å². The standard InChI is InChI=1S/C5H11O2P.Al.3H/c1-3-5(4-2)8(6)7;;;;/h5H,3-4H2,1-2H3;;;;/p+1. The van der Waals surface area contributed by atoms with Crippen LogP contribution in [0.5, 0.6) is 0 Å². The summed E-state index contributed by atoms with van der Waals surface area (Å²) in [5, 5.41) is 0. The zero-order valence-electron chi connectivity index (χ0n) is 5.29. The normalized spacial score (nSPS) is 10.9. The van der Waals surface area contributed by atoms with E-state index in [-0.39, 0.29) is 23.0 Å². The van der Waals surface area contributed by atoms with Crippen molar-refractivity contribution in [2.75, 3.05) is 0 Å². The second kappa shape index (κ2) is 6.71. The van der Waals surface area contributed by atoms with Crippen molar-refractivity contribution < 1.29 is 9.46 Å². The summed E-state index contributed by atoms with van der Waals surface area (Å²) in [6, 6.07) is 0. The van der Waals surface area contributed by atoms with E-state index in [0.29, 0.717) is 0 Å². The quantitative estimate of drug-likeness (QED) is 0.494. The van der Waals surface area contributed by atoms with Crippen LogP contribution in [-0.4, -0.2) is 27.9 Å². The maximum absolute atomic E-state index is 10.3. The van der Waals surface area contributed by atoms with Crippen molar-refractivity contribution in [1.29, 1.82) is 0 Å². The summed E-state index contributed by atoms with van der Waals surface area (Å²) in [5.41, 5.74) is 0.0185. The Hall–Kier alpha value is 0.592. The monoisotopic (exact) mass is 165 g/mol. The van der Waals surface area contributed by atoms with E-state index in [1.807, 2.05) is 13.8 Å². The zero-order chi connectivity index (χ0) is 6.57. The minimum atomic E-state index is -1.91. The molecule has 9 heavy (non-hydrogen) atoms. The predicted octanol–water partition coefficient (Wildman–Crippen LogP) is 0.726. The molecule has 0 heterocycles. The average molecular weight is 165 g/mol. The largest absolute Gasteiger partial charge is 0.508 e. The first-order chi connectivity index (χ1) is 3.72. The molecule has 0 fully saturated rings. The third kappa shape index (κ3) is 5.06. The van der Waals surface area contributed by atoms with E-state index in [1.54, 1.807) is 0 Å². The van der Waals surface area contributed by atoms with Crippen LogP contribution in [0.1, 0.15) is 26.7 Å². The Labute approximate surface area is 67.7 Å². The third-order valence-electron chi connectivity index (χ3n) is 1.25. The number of rotatable bonds is 3.